The van der Waals surface area contributed by atoms with Crippen molar-refractivity contribution in [2.45, 2.75) is 19.5 Å². The van der Waals surface area contributed by atoms with E-state index in [1.54, 1.807) is 24.4 Å². The molecular formula is C20H19F2N3O2. The minimum absolute atomic E-state index is 0.258. The molecule has 0 saturated heterocycles. The smallest absolute Gasteiger partial charge is 0.231 e. The molecular weight excluding hydrogens is 352 g/mol. The Labute approximate surface area is 155 Å². The molecule has 5 nitrogen and oxygen atoms in total. The molecule has 2 aromatic heterocycles. The zero-order valence-electron chi connectivity index (χ0n) is 15.2. The topological polar surface area (TPSA) is 56.1 Å². The molecule has 1 aliphatic carbocycles. The molecule has 0 spiro atoms. The van der Waals surface area contributed by atoms with E-state index >= 15 is 0 Å². The summed E-state index contributed by atoms with van der Waals surface area (Å²) in [5.74, 6) is -0.549. The van der Waals surface area contributed by atoms with E-state index in [2.05, 4.69) is 10.3 Å². The molecule has 0 radical (unpaired) electrons. The highest BCUT2D eigenvalue weighted by Crippen LogP contribution is 2.39. The second kappa shape index (κ2) is 6.33. The number of aryl methyl sites for hydroxylation is 2. The summed E-state index contributed by atoms with van der Waals surface area (Å²) in [6.07, 6.45) is 0.831. The molecule has 140 valence electrons. The second-order valence-electron chi connectivity index (χ2n) is 6.78. The molecule has 1 aliphatic rings. The van der Waals surface area contributed by atoms with Crippen LogP contribution in [0, 0.1) is 18.7 Å². The number of carbonyl (C=O) groups is 1. The fraction of sp³-hybridized carbons (Fsp3) is 0.300. The van der Waals surface area contributed by atoms with Gasteiger partial charge in [-0.2, -0.15) is 0 Å². The normalized spacial score (nSPS) is 18.6. The SMILES string of the molecule is COc1cccc(F)c1-c1c(C)c2cnc(NC(=O)[C@@H]3C[C@@H]3F)cc2n1C. The van der Waals surface area contributed by atoms with Crippen LogP contribution in [0.25, 0.3) is 22.2 Å². The largest absolute Gasteiger partial charge is 0.496 e. The van der Waals surface area contributed by atoms with Gasteiger partial charge in [-0.15, -0.1) is 0 Å². The average molecular weight is 371 g/mol. The maximum Gasteiger partial charge on any atom is 0.231 e. The van der Waals surface area contributed by atoms with Crippen LogP contribution in [0.1, 0.15) is 12.0 Å². The van der Waals surface area contributed by atoms with Crippen LogP contribution in [0.4, 0.5) is 14.6 Å². The number of hydrogen-bond acceptors (Lipinski definition) is 3. The number of nitrogens with zero attached hydrogens (tertiary/aromatic N) is 2. The van der Waals surface area contributed by atoms with Crippen molar-refractivity contribution in [1.82, 2.24) is 9.55 Å². The van der Waals surface area contributed by atoms with Gasteiger partial charge in [0, 0.05) is 24.7 Å². The molecule has 2 atom stereocenters. The molecule has 0 unspecified atom stereocenters. The Kier molecular flexibility index (Phi) is 4.09. The first-order valence-electron chi connectivity index (χ1n) is 8.65. The summed E-state index contributed by atoms with van der Waals surface area (Å²) in [4.78, 5) is 16.2. The minimum atomic E-state index is -1.06. The van der Waals surface area contributed by atoms with Gasteiger partial charge in [-0.1, -0.05) is 6.07 Å². The number of hydrogen-bond donors (Lipinski definition) is 1. The highest BCUT2D eigenvalue weighted by molar-refractivity contribution is 5.97. The van der Waals surface area contributed by atoms with Gasteiger partial charge < -0.3 is 14.6 Å². The van der Waals surface area contributed by atoms with E-state index in [4.69, 9.17) is 4.74 Å². The summed E-state index contributed by atoms with van der Waals surface area (Å²) in [5, 5.41) is 3.49. The Morgan fingerprint density at radius 1 is 1.41 bits per heavy atom. The molecule has 7 heteroatoms. The van der Waals surface area contributed by atoms with E-state index in [0.717, 1.165) is 16.5 Å². The number of rotatable bonds is 4. The van der Waals surface area contributed by atoms with Crippen LogP contribution < -0.4 is 10.1 Å². The fourth-order valence-corrected chi connectivity index (χ4v) is 3.49. The molecule has 27 heavy (non-hydrogen) atoms. The molecule has 0 bridgehead atoms. The first kappa shape index (κ1) is 17.5. The minimum Gasteiger partial charge on any atom is -0.496 e. The summed E-state index contributed by atoms with van der Waals surface area (Å²) in [6.45, 7) is 1.89. The predicted octanol–water partition coefficient (Wildman–Crippen LogP) is 3.99. The maximum atomic E-state index is 14.6. The number of ether oxygens (including phenoxy) is 1. The van der Waals surface area contributed by atoms with Gasteiger partial charge in [0.05, 0.1) is 29.8 Å². The van der Waals surface area contributed by atoms with Gasteiger partial charge in [0.1, 0.15) is 23.6 Å². The van der Waals surface area contributed by atoms with Crippen molar-refractivity contribution >= 4 is 22.6 Å². The summed E-state index contributed by atoms with van der Waals surface area (Å²) < 4.78 is 34.8. The average Bonchev–Trinajstić information content (AvgIpc) is 3.34. The van der Waals surface area contributed by atoms with Crippen molar-refractivity contribution in [3.05, 3.63) is 41.8 Å². The predicted molar refractivity (Wildman–Crippen MR) is 99.0 cm³/mol. The number of carbonyl (C=O) groups excluding carboxylic acids is 1. The zero-order chi connectivity index (χ0) is 19.3. The molecule has 1 N–H and O–H groups in total. The number of alkyl halides is 1. The quantitative estimate of drug-likeness (QED) is 0.754. The number of benzene rings is 1. The van der Waals surface area contributed by atoms with E-state index in [1.807, 2.05) is 18.5 Å². The molecule has 1 saturated carbocycles. The first-order valence-corrected chi connectivity index (χ1v) is 8.65. The molecule has 1 fully saturated rings. The Morgan fingerprint density at radius 3 is 2.81 bits per heavy atom. The standard InChI is InChI=1S/C20H19F2N3O2/c1-10-12-9-23-17(24-20(26)11-7-14(11)22)8-15(12)25(2)19(10)18-13(21)5-4-6-16(18)27-3/h4-6,8-9,11,14H,7H2,1-3H3,(H,23,24,26)/t11-,14+/m1/s1. The van der Waals surface area contributed by atoms with Gasteiger partial charge in [0.15, 0.2) is 0 Å². The number of aromatic nitrogens is 2. The van der Waals surface area contributed by atoms with Gasteiger partial charge in [-0.25, -0.2) is 13.8 Å². The van der Waals surface area contributed by atoms with E-state index in [-0.39, 0.29) is 18.1 Å². The molecule has 2 heterocycles. The molecule has 4 rings (SSSR count). The highest BCUT2D eigenvalue weighted by atomic mass is 19.1. The van der Waals surface area contributed by atoms with Crippen LogP contribution in [0.2, 0.25) is 0 Å². The third-order valence-electron chi connectivity index (χ3n) is 5.07. The van der Waals surface area contributed by atoms with Crippen molar-refractivity contribution in [2.24, 2.45) is 13.0 Å². The maximum absolute atomic E-state index is 14.6. The highest BCUT2D eigenvalue weighted by Gasteiger charge is 2.43. The number of halogens is 2. The monoisotopic (exact) mass is 371 g/mol. The van der Waals surface area contributed by atoms with Gasteiger partial charge in [-0.3, -0.25) is 4.79 Å². The lowest BCUT2D eigenvalue weighted by atomic mass is 10.1. The number of methoxy groups -OCH3 is 1. The van der Waals surface area contributed by atoms with Gasteiger partial charge >= 0.3 is 0 Å². The Morgan fingerprint density at radius 2 is 2.15 bits per heavy atom. The third-order valence-corrected chi connectivity index (χ3v) is 5.07. The van der Waals surface area contributed by atoms with Crippen LogP contribution in [0.5, 0.6) is 5.75 Å². The fourth-order valence-electron chi connectivity index (χ4n) is 3.49. The van der Waals surface area contributed by atoms with E-state index in [9.17, 15) is 13.6 Å². The van der Waals surface area contributed by atoms with Crippen LogP contribution in [0.15, 0.2) is 30.5 Å². The van der Waals surface area contributed by atoms with E-state index in [0.29, 0.717) is 22.8 Å². The third kappa shape index (κ3) is 2.83. The number of nitrogens with one attached hydrogen (secondary N) is 1. The number of fused-ring (bicyclic) bond motifs is 1. The number of pyridine rings is 1. The van der Waals surface area contributed by atoms with Crippen molar-refractivity contribution in [3.63, 3.8) is 0 Å². The molecule has 1 aromatic carbocycles. The Bertz CT molecular complexity index is 1060. The number of amides is 1. The lowest BCUT2D eigenvalue weighted by molar-refractivity contribution is -0.117. The molecule has 0 aliphatic heterocycles. The summed E-state index contributed by atoms with van der Waals surface area (Å²) in [5.41, 5.74) is 2.69. The zero-order valence-corrected chi connectivity index (χ0v) is 15.2. The summed E-state index contributed by atoms with van der Waals surface area (Å²) >= 11 is 0. The van der Waals surface area contributed by atoms with Gasteiger partial charge in [0.2, 0.25) is 5.91 Å². The van der Waals surface area contributed by atoms with Crippen LogP contribution in [-0.4, -0.2) is 28.7 Å². The molecule has 1 amide bonds. The van der Waals surface area contributed by atoms with Gasteiger partial charge in [-0.05, 0) is 31.0 Å². The summed E-state index contributed by atoms with van der Waals surface area (Å²) in [6, 6.07) is 6.41. The van der Waals surface area contributed by atoms with E-state index in [1.165, 1.54) is 13.2 Å². The van der Waals surface area contributed by atoms with Crippen LogP contribution >= 0.6 is 0 Å². The van der Waals surface area contributed by atoms with Crippen molar-refractivity contribution in [2.75, 3.05) is 12.4 Å². The lowest BCUT2D eigenvalue weighted by Gasteiger charge is -2.12. The van der Waals surface area contributed by atoms with Crippen LogP contribution in [0.3, 0.4) is 0 Å². The van der Waals surface area contributed by atoms with Crippen molar-refractivity contribution in [3.8, 4) is 17.0 Å². The lowest BCUT2D eigenvalue weighted by Crippen LogP contribution is -2.15. The van der Waals surface area contributed by atoms with Crippen molar-refractivity contribution in [1.29, 1.82) is 0 Å². The van der Waals surface area contributed by atoms with Gasteiger partial charge in [0.25, 0.3) is 0 Å². The first-order chi connectivity index (χ1) is 12.9. The second-order valence-corrected chi connectivity index (χ2v) is 6.78. The number of anilines is 1. The summed E-state index contributed by atoms with van der Waals surface area (Å²) in [7, 11) is 3.32. The van der Waals surface area contributed by atoms with Crippen molar-refractivity contribution < 1.29 is 18.3 Å². The van der Waals surface area contributed by atoms with Crippen LogP contribution in [-0.2, 0) is 11.8 Å². The Balaban J connectivity index is 1.81. The van der Waals surface area contributed by atoms with E-state index < -0.39 is 12.1 Å². The molecule has 3 aromatic rings. The Hall–Kier alpha value is -2.96.